The van der Waals surface area contributed by atoms with E-state index in [1.165, 1.54) is 0 Å². The second-order valence-electron chi connectivity index (χ2n) is 7.28. The lowest BCUT2D eigenvalue weighted by atomic mass is 10.1. The first-order valence-corrected chi connectivity index (χ1v) is 9.66. The van der Waals surface area contributed by atoms with Crippen molar-refractivity contribution >= 4 is 28.7 Å². The van der Waals surface area contributed by atoms with Gasteiger partial charge in [0.1, 0.15) is 0 Å². The fraction of sp³-hybridized carbons (Fsp3) is 0.125. The lowest BCUT2D eigenvalue weighted by Crippen LogP contribution is -2.17. The number of aromatic nitrogens is 2. The van der Waals surface area contributed by atoms with Gasteiger partial charge in [0, 0.05) is 17.6 Å². The Morgan fingerprint density at radius 3 is 2.30 bits per heavy atom. The predicted molar refractivity (Wildman–Crippen MR) is 118 cm³/mol. The standard InChI is InChI=1S/C24H22N4O2/c1-15-11-12-17(3)19(14-15)26-24(30)22-27-21(20-10-6-7-13-28(20)22)23(29)25-18-9-5-4-8-16(18)2/h4-14H,1-3H3,(H,25,29)(H,26,30). The number of benzene rings is 2. The molecule has 2 aromatic carbocycles. The minimum atomic E-state index is -0.375. The molecule has 0 atom stereocenters. The van der Waals surface area contributed by atoms with Crippen LogP contribution in [0.1, 0.15) is 37.8 Å². The number of anilines is 2. The summed E-state index contributed by atoms with van der Waals surface area (Å²) in [5, 5.41) is 5.81. The zero-order valence-electron chi connectivity index (χ0n) is 17.1. The van der Waals surface area contributed by atoms with E-state index >= 15 is 0 Å². The van der Waals surface area contributed by atoms with Gasteiger partial charge in [0.2, 0.25) is 5.82 Å². The van der Waals surface area contributed by atoms with Crippen LogP contribution in [0.25, 0.3) is 5.52 Å². The maximum absolute atomic E-state index is 13.0. The summed E-state index contributed by atoms with van der Waals surface area (Å²) in [6.07, 6.45) is 1.73. The number of para-hydroxylation sites is 1. The first-order valence-electron chi connectivity index (χ1n) is 9.66. The van der Waals surface area contributed by atoms with Crippen LogP contribution in [0.3, 0.4) is 0 Å². The Morgan fingerprint density at radius 2 is 1.50 bits per heavy atom. The Balaban J connectivity index is 1.70. The van der Waals surface area contributed by atoms with Gasteiger partial charge in [-0.3, -0.25) is 14.0 Å². The quantitative estimate of drug-likeness (QED) is 0.520. The maximum Gasteiger partial charge on any atom is 0.292 e. The van der Waals surface area contributed by atoms with Crippen LogP contribution in [-0.4, -0.2) is 21.2 Å². The molecule has 0 bridgehead atoms. The Hall–Kier alpha value is -3.93. The molecule has 0 aliphatic heterocycles. The van der Waals surface area contributed by atoms with E-state index in [1.807, 2.05) is 69.3 Å². The number of pyridine rings is 1. The van der Waals surface area contributed by atoms with Gasteiger partial charge in [0.25, 0.3) is 11.8 Å². The molecule has 0 aliphatic rings. The van der Waals surface area contributed by atoms with Crippen molar-refractivity contribution in [3.8, 4) is 0 Å². The Morgan fingerprint density at radius 1 is 0.800 bits per heavy atom. The summed E-state index contributed by atoms with van der Waals surface area (Å²) in [6, 6.07) is 18.8. The molecule has 30 heavy (non-hydrogen) atoms. The van der Waals surface area contributed by atoms with Crippen molar-refractivity contribution in [2.45, 2.75) is 20.8 Å². The van der Waals surface area contributed by atoms with Gasteiger partial charge in [0.15, 0.2) is 5.69 Å². The minimum absolute atomic E-state index is 0.154. The van der Waals surface area contributed by atoms with Crippen molar-refractivity contribution in [3.63, 3.8) is 0 Å². The Bertz CT molecular complexity index is 1270. The Kier molecular flexibility index (Phi) is 5.06. The number of fused-ring (bicyclic) bond motifs is 1. The number of nitrogens with one attached hydrogen (secondary N) is 2. The van der Waals surface area contributed by atoms with Gasteiger partial charge in [-0.2, -0.15) is 0 Å². The topological polar surface area (TPSA) is 75.5 Å². The van der Waals surface area contributed by atoms with Crippen LogP contribution in [0.2, 0.25) is 0 Å². The Labute approximate surface area is 174 Å². The summed E-state index contributed by atoms with van der Waals surface area (Å²) >= 11 is 0. The molecule has 6 nitrogen and oxygen atoms in total. The van der Waals surface area contributed by atoms with Crippen molar-refractivity contribution in [1.29, 1.82) is 0 Å². The number of carbonyl (C=O) groups excluding carboxylic acids is 2. The molecule has 0 radical (unpaired) electrons. The second kappa shape index (κ2) is 7.83. The highest BCUT2D eigenvalue weighted by Gasteiger charge is 2.22. The number of amides is 2. The summed E-state index contributed by atoms with van der Waals surface area (Å²) in [7, 11) is 0. The minimum Gasteiger partial charge on any atom is -0.320 e. The first-order chi connectivity index (χ1) is 14.4. The van der Waals surface area contributed by atoms with Crippen LogP contribution in [-0.2, 0) is 0 Å². The van der Waals surface area contributed by atoms with Crippen LogP contribution < -0.4 is 10.6 Å². The number of imidazole rings is 1. The van der Waals surface area contributed by atoms with E-state index in [1.54, 1.807) is 22.7 Å². The van der Waals surface area contributed by atoms with E-state index in [0.717, 1.165) is 22.4 Å². The van der Waals surface area contributed by atoms with E-state index in [9.17, 15) is 9.59 Å². The van der Waals surface area contributed by atoms with Gasteiger partial charge < -0.3 is 10.6 Å². The van der Waals surface area contributed by atoms with Gasteiger partial charge in [-0.1, -0.05) is 36.4 Å². The third kappa shape index (κ3) is 3.67. The summed E-state index contributed by atoms with van der Waals surface area (Å²) in [5.74, 6) is -0.583. The number of hydrogen-bond donors (Lipinski definition) is 2. The molecule has 2 N–H and O–H groups in total. The van der Waals surface area contributed by atoms with E-state index < -0.39 is 0 Å². The van der Waals surface area contributed by atoms with Crippen LogP contribution in [0.5, 0.6) is 0 Å². The number of carbonyl (C=O) groups is 2. The smallest absolute Gasteiger partial charge is 0.292 e. The molecular formula is C24H22N4O2. The molecule has 6 heteroatoms. The normalized spacial score (nSPS) is 10.8. The highest BCUT2D eigenvalue weighted by Crippen LogP contribution is 2.20. The molecular weight excluding hydrogens is 376 g/mol. The average molecular weight is 398 g/mol. The van der Waals surface area contributed by atoms with E-state index in [4.69, 9.17) is 0 Å². The average Bonchev–Trinajstić information content (AvgIpc) is 3.12. The molecule has 0 unspecified atom stereocenters. The summed E-state index contributed by atoms with van der Waals surface area (Å²) in [5.41, 5.74) is 5.14. The maximum atomic E-state index is 13.0. The van der Waals surface area contributed by atoms with Gasteiger partial charge in [-0.05, 0) is 61.7 Å². The van der Waals surface area contributed by atoms with E-state index in [0.29, 0.717) is 11.2 Å². The molecule has 4 aromatic rings. The highest BCUT2D eigenvalue weighted by molar-refractivity contribution is 6.10. The summed E-state index contributed by atoms with van der Waals surface area (Å²) in [4.78, 5) is 30.4. The molecule has 2 amide bonds. The van der Waals surface area contributed by atoms with E-state index in [2.05, 4.69) is 15.6 Å². The number of nitrogens with zero attached hydrogens (tertiary/aromatic N) is 2. The zero-order valence-corrected chi connectivity index (χ0v) is 17.1. The van der Waals surface area contributed by atoms with Crippen LogP contribution in [0.4, 0.5) is 11.4 Å². The fourth-order valence-corrected chi connectivity index (χ4v) is 3.31. The van der Waals surface area contributed by atoms with Gasteiger partial charge in [-0.25, -0.2) is 4.98 Å². The number of aryl methyl sites for hydroxylation is 3. The van der Waals surface area contributed by atoms with Crippen molar-refractivity contribution < 1.29 is 9.59 Å². The molecule has 0 saturated heterocycles. The predicted octanol–water partition coefficient (Wildman–Crippen LogP) is 4.76. The second-order valence-corrected chi connectivity index (χ2v) is 7.28. The third-order valence-corrected chi connectivity index (χ3v) is 5.00. The molecule has 150 valence electrons. The molecule has 4 rings (SSSR count). The number of hydrogen-bond acceptors (Lipinski definition) is 3. The molecule has 0 saturated carbocycles. The molecule has 0 aliphatic carbocycles. The molecule has 0 fully saturated rings. The van der Waals surface area contributed by atoms with Crippen LogP contribution in [0.15, 0.2) is 66.9 Å². The van der Waals surface area contributed by atoms with Gasteiger partial charge in [0.05, 0.1) is 5.52 Å². The largest absolute Gasteiger partial charge is 0.320 e. The van der Waals surface area contributed by atoms with E-state index in [-0.39, 0.29) is 23.3 Å². The number of rotatable bonds is 4. The lowest BCUT2D eigenvalue weighted by molar-refractivity contribution is 0.101. The van der Waals surface area contributed by atoms with Crippen molar-refractivity contribution in [2.75, 3.05) is 10.6 Å². The van der Waals surface area contributed by atoms with Crippen molar-refractivity contribution in [3.05, 3.63) is 95.1 Å². The van der Waals surface area contributed by atoms with Gasteiger partial charge >= 0.3 is 0 Å². The van der Waals surface area contributed by atoms with Gasteiger partial charge in [-0.15, -0.1) is 0 Å². The fourth-order valence-electron chi connectivity index (χ4n) is 3.31. The lowest BCUT2D eigenvalue weighted by Gasteiger charge is -2.08. The van der Waals surface area contributed by atoms with Crippen molar-refractivity contribution in [2.24, 2.45) is 0 Å². The molecule has 2 aromatic heterocycles. The molecule has 2 heterocycles. The summed E-state index contributed by atoms with van der Waals surface area (Å²) < 4.78 is 1.63. The third-order valence-electron chi connectivity index (χ3n) is 5.00. The van der Waals surface area contributed by atoms with Crippen LogP contribution in [0, 0.1) is 20.8 Å². The highest BCUT2D eigenvalue weighted by atomic mass is 16.2. The SMILES string of the molecule is Cc1ccc(C)c(NC(=O)c2nc(C(=O)Nc3ccccc3C)c3ccccn23)c1. The van der Waals surface area contributed by atoms with Crippen LogP contribution >= 0.6 is 0 Å². The zero-order chi connectivity index (χ0) is 21.3. The summed E-state index contributed by atoms with van der Waals surface area (Å²) in [6.45, 7) is 5.82. The molecule has 0 spiro atoms. The van der Waals surface area contributed by atoms with Crippen molar-refractivity contribution in [1.82, 2.24) is 9.38 Å². The monoisotopic (exact) mass is 398 g/mol. The first kappa shape index (κ1) is 19.4.